The van der Waals surface area contributed by atoms with Crippen LogP contribution in [0.2, 0.25) is 5.02 Å². The van der Waals surface area contributed by atoms with Crippen molar-refractivity contribution in [2.45, 2.75) is 20.0 Å². The fourth-order valence-corrected chi connectivity index (χ4v) is 2.83. The maximum absolute atomic E-state index is 13.1. The van der Waals surface area contributed by atoms with E-state index in [1.54, 1.807) is 42.5 Å². The molecule has 0 spiro atoms. The number of hydrogen-bond acceptors (Lipinski definition) is 6. The lowest BCUT2D eigenvalue weighted by molar-refractivity contribution is -0.152. The highest BCUT2D eigenvalue weighted by atomic mass is 35.5. The predicted molar refractivity (Wildman–Crippen MR) is 105 cm³/mol. The molecule has 2 aromatic carbocycles. The largest absolute Gasteiger partial charge is 0.466 e. The second-order valence-corrected chi connectivity index (χ2v) is 6.66. The summed E-state index contributed by atoms with van der Waals surface area (Å²) in [5, 5.41) is 0.770. The van der Waals surface area contributed by atoms with Gasteiger partial charge in [-0.25, -0.2) is 4.79 Å². The summed E-state index contributed by atoms with van der Waals surface area (Å²) in [6, 6.07) is 11.6. The van der Waals surface area contributed by atoms with Gasteiger partial charge in [0.05, 0.1) is 12.5 Å². The maximum atomic E-state index is 13.1. The van der Waals surface area contributed by atoms with Crippen LogP contribution in [0.1, 0.15) is 12.5 Å². The highest BCUT2D eigenvalue weighted by Crippen LogP contribution is 2.32. The number of carbonyl (C=O) groups is 2. The zero-order chi connectivity index (χ0) is 20.4. The molecular formula is C21H17ClO6. The van der Waals surface area contributed by atoms with Crippen molar-refractivity contribution >= 4 is 34.3 Å². The van der Waals surface area contributed by atoms with E-state index >= 15 is 0 Å². The summed E-state index contributed by atoms with van der Waals surface area (Å²) in [5.41, 5.74) is 1.27. The third-order valence-electron chi connectivity index (χ3n) is 4.13. The molecule has 1 heterocycles. The molecule has 0 bridgehead atoms. The Labute approximate surface area is 165 Å². The minimum absolute atomic E-state index is 0.0925. The molecular weight excluding hydrogens is 384 g/mol. The van der Waals surface area contributed by atoms with E-state index in [1.807, 2.05) is 6.92 Å². The van der Waals surface area contributed by atoms with Crippen molar-refractivity contribution in [1.82, 2.24) is 0 Å². The number of Topliss-reactive ketones (excluding diaryl/α,β-unsaturated/α-hetero) is 1. The smallest absolute Gasteiger partial charge is 0.354 e. The van der Waals surface area contributed by atoms with Gasteiger partial charge in [-0.3, -0.25) is 9.59 Å². The number of carbonyl (C=O) groups excluding carboxylic acids is 2. The van der Waals surface area contributed by atoms with E-state index < -0.39 is 23.3 Å². The third-order valence-corrected chi connectivity index (χ3v) is 4.38. The lowest BCUT2D eigenvalue weighted by Gasteiger charge is -2.16. The molecule has 0 aliphatic carbocycles. The average molecular weight is 401 g/mol. The van der Waals surface area contributed by atoms with E-state index in [0.29, 0.717) is 16.2 Å². The summed E-state index contributed by atoms with van der Waals surface area (Å²) < 4.78 is 16.1. The van der Waals surface area contributed by atoms with E-state index in [1.165, 1.54) is 6.92 Å². The van der Waals surface area contributed by atoms with Crippen LogP contribution in [0.4, 0.5) is 0 Å². The van der Waals surface area contributed by atoms with Gasteiger partial charge in [-0.2, -0.15) is 0 Å². The van der Waals surface area contributed by atoms with E-state index in [-0.39, 0.29) is 16.9 Å². The molecule has 0 aliphatic rings. The van der Waals surface area contributed by atoms with Gasteiger partial charge in [0.2, 0.25) is 11.2 Å². The zero-order valence-electron chi connectivity index (χ0n) is 15.4. The SMILES string of the molecule is COC(=O)[C@@H](Oc1c(-c2ccc(Cl)cc2)oc2cc(C)ccc2c1=O)C(C)=O. The molecule has 0 unspecified atom stereocenters. The molecule has 3 aromatic rings. The van der Waals surface area contributed by atoms with Crippen LogP contribution in [-0.2, 0) is 14.3 Å². The number of aryl methyl sites for hydroxylation is 1. The molecule has 7 heteroatoms. The molecule has 0 saturated carbocycles. The highest BCUT2D eigenvalue weighted by molar-refractivity contribution is 6.30. The summed E-state index contributed by atoms with van der Waals surface area (Å²) in [6.45, 7) is 3.05. The molecule has 0 N–H and O–H groups in total. The van der Waals surface area contributed by atoms with Gasteiger partial charge in [0, 0.05) is 10.6 Å². The van der Waals surface area contributed by atoms with Crippen LogP contribution in [0.3, 0.4) is 0 Å². The van der Waals surface area contributed by atoms with Crippen molar-refractivity contribution in [3.8, 4) is 17.1 Å². The van der Waals surface area contributed by atoms with Crippen molar-refractivity contribution in [3.05, 3.63) is 63.3 Å². The molecule has 0 fully saturated rings. The van der Waals surface area contributed by atoms with E-state index in [9.17, 15) is 14.4 Å². The van der Waals surface area contributed by atoms with Gasteiger partial charge in [0.25, 0.3) is 6.10 Å². The Morgan fingerprint density at radius 3 is 2.39 bits per heavy atom. The summed E-state index contributed by atoms with van der Waals surface area (Å²) in [4.78, 5) is 36.9. The number of fused-ring (bicyclic) bond motifs is 1. The molecule has 3 rings (SSSR count). The van der Waals surface area contributed by atoms with Gasteiger partial charge in [-0.1, -0.05) is 17.7 Å². The molecule has 0 amide bonds. The van der Waals surface area contributed by atoms with Crippen LogP contribution in [0, 0.1) is 6.92 Å². The average Bonchev–Trinajstić information content (AvgIpc) is 2.66. The molecule has 0 aliphatic heterocycles. The monoisotopic (exact) mass is 400 g/mol. The second kappa shape index (κ2) is 7.86. The Bertz CT molecular complexity index is 1110. The van der Waals surface area contributed by atoms with Gasteiger partial charge < -0.3 is 13.9 Å². The van der Waals surface area contributed by atoms with Crippen LogP contribution in [0.25, 0.3) is 22.3 Å². The quantitative estimate of drug-likeness (QED) is 0.476. The summed E-state index contributed by atoms with van der Waals surface area (Å²) in [5.74, 6) is -1.66. The topological polar surface area (TPSA) is 82.8 Å². The Kier molecular flexibility index (Phi) is 5.51. The number of rotatable bonds is 5. The number of ether oxygens (including phenoxy) is 2. The van der Waals surface area contributed by atoms with E-state index in [2.05, 4.69) is 4.74 Å². The molecule has 1 aromatic heterocycles. The van der Waals surface area contributed by atoms with Crippen LogP contribution in [0.5, 0.6) is 5.75 Å². The van der Waals surface area contributed by atoms with Gasteiger partial charge in [-0.15, -0.1) is 0 Å². The molecule has 6 nitrogen and oxygen atoms in total. The molecule has 1 atom stereocenters. The van der Waals surface area contributed by atoms with Crippen molar-refractivity contribution in [2.75, 3.05) is 7.11 Å². The number of hydrogen-bond donors (Lipinski definition) is 0. The molecule has 0 saturated heterocycles. The standard InChI is InChI=1S/C21H17ClO6/c1-11-4-9-15-16(10-11)27-19(13-5-7-14(22)8-6-13)20(17(15)24)28-18(12(2)23)21(25)26-3/h4-10,18H,1-3H3/t18-/m0/s1. The van der Waals surface area contributed by atoms with Crippen molar-refractivity contribution in [1.29, 1.82) is 0 Å². The number of ketones is 1. The van der Waals surface area contributed by atoms with E-state index in [4.69, 9.17) is 20.8 Å². The number of benzene rings is 2. The summed E-state index contributed by atoms with van der Waals surface area (Å²) >= 11 is 5.94. The van der Waals surface area contributed by atoms with Crippen LogP contribution < -0.4 is 10.2 Å². The lowest BCUT2D eigenvalue weighted by atomic mass is 10.1. The normalized spacial score (nSPS) is 11.9. The first-order valence-corrected chi connectivity index (χ1v) is 8.78. The first-order chi connectivity index (χ1) is 13.3. The Morgan fingerprint density at radius 1 is 1.11 bits per heavy atom. The van der Waals surface area contributed by atoms with Gasteiger partial charge in [0.15, 0.2) is 11.5 Å². The predicted octanol–water partition coefficient (Wildman–Crippen LogP) is 3.93. The number of methoxy groups -OCH3 is 1. The first-order valence-electron chi connectivity index (χ1n) is 8.40. The maximum Gasteiger partial charge on any atom is 0.354 e. The fourth-order valence-electron chi connectivity index (χ4n) is 2.70. The Hall–Kier alpha value is -3.12. The summed E-state index contributed by atoms with van der Waals surface area (Å²) in [6.07, 6.45) is -1.58. The zero-order valence-corrected chi connectivity index (χ0v) is 16.2. The Balaban J connectivity index is 2.27. The van der Waals surface area contributed by atoms with Crippen LogP contribution in [-0.4, -0.2) is 25.0 Å². The first kappa shape index (κ1) is 19.6. The van der Waals surface area contributed by atoms with Gasteiger partial charge >= 0.3 is 5.97 Å². The Morgan fingerprint density at radius 2 is 1.79 bits per heavy atom. The van der Waals surface area contributed by atoms with Gasteiger partial charge in [-0.05, 0) is 55.8 Å². The van der Waals surface area contributed by atoms with Gasteiger partial charge in [0.1, 0.15) is 5.58 Å². The summed E-state index contributed by atoms with van der Waals surface area (Å²) in [7, 11) is 1.13. The van der Waals surface area contributed by atoms with Crippen molar-refractivity contribution in [3.63, 3.8) is 0 Å². The van der Waals surface area contributed by atoms with Crippen molar-refractivity contribution < 1.29 is 23.5 Å². The minimum Gasteiger partial charge on any atom is -0.466 e. The fraction of sp³-hybridized carbons (Fsp3) is 0.190. The van der Waals surface area contributed by atoms with Crippen molar-refractivity contribution in [2.24, 2.45) is 0 Å². The second-order valence-electron chi connectivity index (χ2n) is 6.23. The lowest BCUT2D eigenvalue weighted by Crippen LogP contribution is -2.36. The van der Waals surface area contributed by atoms with Crippen LogP contribution in [0.15, 0.2) is 51.7 Å². The number of esters is 1. The van der Waals surface area contributed by atoms with Crippen LogP contribution >= 0.6 is 11.6 Å². The highest BCUT2D eigenvalue weighted by Gasteiger charge is 2.30. The third kappa shape index (κ3) is 3.77. The molecule has 28 heavy (non-hydrogen) atoms. The number of halogens is 1. The molecule has 144 valence electrons. The molecule has 0 radical (unpaired) electrons. The minimum atomic E-state index is -1.58. The van der Waals surface area contributed by atoms with E-state index in [0.717, 1.165) is 12.7 Å².